The van der Waals surface area contributed by atoms with Crippen LogP contribution in [0.5, 0.6) is 0 Å². The molecule has 0 aromatic heterocycles. The molecule has 0 saturated heterocycles. The standard InChI is InChI=1S/C27H41NO4/c1-20(2)10-9-14-26(5)15-11-22(19-28(7)8)23(29)12-17-27(6,31)24(13-16-26)32-25(30)18-21(3)4/h10-13,16-18,24,31H,9,14-15,19H2,1-8H3/b16-13+,17-12+,22-11-/t24-,26+,27-/m1/s1. The summed E-state index contributed by atoms with van der Waals surface area (Å²) in [7, 11) is 3.84. The van der Waals surface area contributed by atoms with Gasteiger partial charge < -0.3 is 14.7 Å². The Morgan fingerprint density at radius 2 is 1.84 bits per heavy atom. The second-order valence-electron chi connectivity index (χ2n) is 10.0. The summed E-state index contributed by atoms with van der Waals surface area (Å²) in [6.07, 6.45) is 13.7. The molecule has 0 amide bonds. The zero-order valence-electron chi connectivity index (χ0n) is 21.1. The first-order valence-electron chi connectivity index (χ1n) is 11.2. The normalized spacial score (nSPS) is 29.9. The maximum absolute atomic E-state index is 12.9. The summed E-state index contributed by atoms with van der Waals surface area (Å²) in [4.78, 5) is 27.2. The molecule has 1 aliphatic rings. The predicted octanol–water partition coefficient (Wildman–Crippen LogP) is 4.94. The van der Waals surface area contributed by atoms with E-state index >= 15 is 0 Å². The number of carbonyl (C=O) groups is 2. The third-order valence-corrected chi connectivity index (χ3v) is 5.36. The van der Waals surface area contributed by atoms with Crippen LogP contribution in [0.3, 0.4) is 0 Å². The van der Waals surface area contributed by atoms with Gasteiger partial charge in [0.1, 0.15) is 5.60 Å². The largest absolute Gasteiger partial charge is 0.452 e. The van der Waals surface area contributed by atoms with Crippen molar-refractivity contribution in [1.82, 2.24) is 4.90 Å². The smallest absolute Gasteiger partial charge is 0.331 e. The summed E-state index contributed by atoms with van der Waals surface area (Å²) in [5.74, 6) is -0.672. The molecule has 0 fully saturated rings. The SMILES string of the molecule is CC(C)=CCC[C@]1(C)/C=C/[C@@H](OC(=O)C=C(C)C)[C@](C)(O)/C=C/C(=O)/C(CN(C)C)=C\C1. The fraction of sp³-hybridized carbons (Fsp3) is 0.556. The molecule has 3 atom stereocenters. The molecule has 0 unspecified atom stereocenters. The molecule has 0 heterocycles. The van der Waals surface area contributed by atoms with Gasteiger partial charge in [-0.25, -0.2) is 4.79 Å². The summed E-state index contributed by atoms with van der Waals surface area (Å²) >= 11 is 0. The Labute approximate surface area is 194 Å². The van der Waals surface area contributed by atoms with Gasteiger partial charge in [-0.15, -0.1) is 0 Å². The van der Waals surface area contributed by atoms with E-state index in [4.69, 9.17) is 4.74 Å². The highest BCUT2D eigenvalue weighted by molar-refractivity contribution is 6.04. The van der Waals surface area contributed by atoms with E-state index in [9.17, 15) is 14.7 Å². The summed E-state index contributed by atoms with van der Waals surface area (Å²) < 4.78 is 5.60. The van der Waals surface area contributed by atoms with Gasteiger partial charge in [0.15, 0.2) is 11.9 Å². The van der Waals surface area contributed by atoms with Crippen molar-refractivity contribution in [2.75, 3.05) is 20.6 Å². The molecule has 1 rings (SSSR count). The lowest BCUT2D eigenvalue weighted by atomic mass is 9.80. The van der Waals surface area contributed by atoms with Gasteiger partial charge in [0.2, 0.25) is 0 Å². The second kappa shape index (κ2) is 12.1. The highest BCUT2D eigenvalue weighted by Crippen LogP contribution is 2.33. The lowest BCUT2D eigenvalue weighted by Crippen LogP contribution is -2.39. The minimum atomic E-state index is -1.54. The third-order valence-electron chi connectivity index (χ3n) is 5.36. The van der Waals surface area contributed by atoms with E-state index in [-0.39, 0.29) is 11.2 Å². The molecule has 0 aliphatic heterocycles. The van der Waals surface area contributed by atoms with Crippen LogP contribution in [0.2, 0.25) is 0 Å². The molecule has 32 heavy (non-hydrogen) atoms. The topological polar surface area (TPSA) is 66.8 Å². The molecular formula is C27H41NO4. The molecular weight excluding hydrogens is 402 g/mol. The van der Waals surface area contributed by atoms with E-state index in [1.54, 1.807) is 13.0 Å². The molecule has 5 heteroatoms. The van der Waals surface area contributed by atoms with Gasteiger partial charge in [0, 0.05) is 18.2 Å². The first-order chi connectivity index (χ1) is 14.7. The van der Waals surface area contributed by atoms with Crippen LogP contribution in [0.15, 0.2) is 59.3 Å². The molecule has 0 aromatic rings. The fourth-order valence-electron chi connectivity index (χ4n) is 3.40. The highest BCUT2D eigenvalue weighted by atomic mass is 16.6. The summed E-state index contributed by atoms with van der Waals surface area (Å²) in [5, 5.41) is 11.1. The van der Waals surface area contributed by atoms with Crippen molar-refractivity contribution in [1.29, 1.82) is 0 Å². The quantitative estimate of drug-likeness (QED) is 0.343. The molecule has 0 saturated carbocycles. The van der Waals surface area contributed by atoms with Gasteiger partial charge in [0.25, 0.3) is 0 Å². The minimum Gasteiger partial charge on any atom is -0.452 e. The Morgan fingerprint density at radius 1 is 1.19 bits per heavy atom. The molecule has 0 bridgehead atoms. The number of likely N-dealkylation sites (N-methyl/N-ethyl adjacent to an activating group) is 1. The minimum absolute atomic E-state index is 0.151. The van der Waals surface area contributed by atoms with Crippen molar-refractivity contribution >= 4 is 11.8 Å². The van der Waals surface area contributed by atoms with E-state index in [2.05, 4.69) is 26.8 Å². The number of allylic oxidation sites excluding steroid dienone is 6. The molecule has 5 nitrogen and oxygen atoms in total. The summed E-state index contributed by atoms with van der Waals surface area (Å²) in [6.45, 7) is 12.0. The van der Waals surface area contributed by atoms with Crippen molar-refractivity contribution in [2.45, 2.75) is 72.5 Å². The molecule has 1 aliphatic carbocycles. The van der Waals surface area contributed by atoms with E-state index in [1.807, 2.05) is 45.0 Å². The second-order valence-corrected chi connectivity index (χ2v) is 10.0. The monoisotopic (exact) mass is 443 g/mol. The first-order valence-corrected chi connectivity index (χ1v) is 11.2. The molecule has 178 valence electrons. The van der Waals surface area contributed by atoms with Crippen LogP contribution >= 0.6 is 0 Å². The van der Waals surface area contributed by atoms with E-state index in [0.717, 1.165) is 18.4 Å². The van der Waals surface area contributed by atoms with E-state index < -0.39 is 17.7 Å². The van der Waals surface area contributed by atoms with Gasteiger partial charge >= 0.3 is 5.97 Å². The van der Waals surface area contributed by atoms with Crippen LogP contribution in [-0.4, -0.2) is 54.1 Å². The van der Waals surface area contributed by atoms with Gasteiger partial charge in [-0.3, -0.25) is 4.79 Å². The highest BCUT2D eigenvalue weighted by Gasteiger charge is 2.32. The van der Waals surface area contributed by atoms with Crippen LogP contribution in [0.1, 0.15) is 60.8 Å². The van der Waals surface area contributed by atoms with E-state index in [0.29, 0.717) is 18.5 Å². The lowest BCUT2D eigenvalue weighted by Gasteiger charge is -2.29. The van der Waals surface area contributed by atoms with Crippen LogP contribution in [0.4, 0.5) is 0 Å². The number of carbonyl (C=O) groups excluding carboxylic acids is 2. The van der Waals surface area contributed by atoms with Crippen LogP contribution in [0, 0.1) is 5.41 Å². The van der Waals surface area contributed by atoms with Crippen molar-refractivity contribution < 1.29 is 19.4 Å². The number of ketones is 1. The van der Waals surface area contributed by atoms with Gasteiger partial charge in [-0.1, -0.05) is 36.3 Å². The average molecular weight is 444 g/mol. The van der Waals surface area contributed by atoms with Crippen molar-refractivity contribution in [3.8, 4) is 0 Å². The van der Waals surface area contributed by atoms with E-state index in [1.165, 1.54) is 23.8 Å². The van der Waals surface area contributed by atoms with Crippen molar-refractivity contribution in [3.05, 3.63) is 59.3 Å². The number of esters is 1. The average Bonchev–Trinajstić information content (AvgIpc) is 2.66. The zero-order chi connectivity index (χ0) is 24.5. The molecule has 1 N–H and O–H groups in total. The number of hydrogen-bond donors (Lipinski definition) is 1. The summed E-state index contributed by atoms with van der Waals surface area (Å²) in [5.41, 5.74) is 0.944. The van der Waals surface area contributed by atoms with Crippen LogP contribution < -0.4 is 0 Å². The number of rotatable bonds is 7. The van der Waals surface area contributed by atoms with Crippen molar-refractivity contribution in [3.63, 3.8) is 0 Å². The predicted molar refractivity (Wildman–Crippen MR) is 131 cm³/mol. The third kappa shape index (κ3) is 9.92. The molecule has 0 aromatic carbocycles. The first kappa shape index (κ1) is 27.8. The Morgan fingerprint density at radius 3 is 2.41 bits per heavy atom. The van der Waals surface area contributed by atoms with Gasteiger partial charge in [0.05, 0.1) is 0 Å². The van der Waals surface area contributed by atoms with Gasteiger partial charge in [-0.2, -0.15) is 0 Å². The Hall–Kier alpha value is -2.24. The maximum atomic E-state index is 12.9. The van der Waals surface area contributed by atoms with Gasteiger partial charge in [-0.05, 0) is 91.6 Å². The molecule has 0 radical (unpaired) electrons. The number of nitrogens with zero attached hydrogens (tertiary/aromatic N) is 1. The fourth-order valence-corrected chi connectivity index (χ4v) is 3.40. The Balaban J connectivity index is 3.44. The number of hydrogen-bond acceptors (Lipinski definition) is 5. The Kier molecular flexibility index (Phi) is 10.5. The number of ether oxygens (including phenoxy) is 1. The summed E-state index contributed by atoms with van der Waals surface area (Å²) in [6, 6.07) is 0. The van der Waals surface area contributed by atoms with Crippen LogP contribution in [-0.2, 0) is 14.3 Å². The molecule has 0 spiro atoms. The Bertz CT molecular complexity index is 819. The van der Waals surface area contributed by atoms with Crippen LogP contribution in [0.25, 0.3) is 0 Å². The lowest BCUT2D eigenvalue weighted by molar-refractivity contribution is -0.148. The zero-order valence-corrected chi connectivity index (χ0v) is 21.1. The maximum Gasteiger partial charge on any atom is 0.331 e. The number of aliphatic hydroxyl groups is 1. The van der Waals surface area contributed by atoms with Crippen molar-refractivity contribution in [2.24, 2.45) is 5.41 Å².